The van der Waals surface area contributed by atoms with E-state index in [1.165, 1.54) is 5.57 Å². The van der Waals surface area contributed by atoms with E-state index < -0.39 is 5.79 Å². The molecule has 0 aliphatic heterocycles. The highest BCUT2D eigenvalue weighted by Crippen LogP contribution is 2.36. The molecule has 0 heterocycles. The van der Waals surface area contributed by atoms with Crippen molar-refractivity contribution in [2.24, 2.45) is 0 Å². The quantitative estimate of drug-likeness (QED) is 0.690. The van der Waals surface area contributed by atoms with Crippen molar-refractivity contribution in [3.63, 3.8) is 0 Å². The SMILES string of the molecule is CC1=CCC(OC2=CCC=C2)(OC(C)C)C(C)=C1. The maximum absolute atomic E-state index is 6.15. The van der Waals surface area contributed by atoms with Crippen LogP contribution in [-0.4, -0.2) is 11.9 Å². The van der Waals surface area contributed by atoms with Crippen molar-refractivity contribution in [3.8, 4) is 0 Å². The highest BCUT2D eigenvalue weighted by Gasteiger charge is 2.38. The lowest BCUT2D eigenvalue weighted by Crippen LogP contribution is -2.40. The molecule has 0 saturated carbocycles. The van der Waals surface area contributed by atoms with Crippen LogP contribution < -0.4 is 0 Å². The summed E-state index contributed by atoms with van der Waals surface area (Å²) >= 11 is 0. The Kier molecular flexibility index (Phi) is 3.76. The van der Waals surface area contributed by atoms with E-state index >= 15 is 0 Å². The molecule has 2 aliphatic rings. The third-order valence-corrected chi connectivity index (χ3v) is 3.18. The van der Waals surface area contributed by atoms with E-state index in [0.717, 1.165) is 24.2 Å². The van der Waals surface area contributed by atoms with Gasteiger partial charge in [-0.05, 0) is 51.8 Å². The smallest absolute Gasteiger partial charge is 0.237 e. The topological polar surface area (TPSA) is 18.5 Å². The monoisotopic (exact) mass is 246 g/mol. The van der Waals surface area contributed by atoms with Crippen molar-refractivity contribution in [1.29, 1.82) is 0 Å². The van der Waals surface area contributed by atoms with Gasteiger partial charge in [-0.15, -0.1) is 0 Å². The fraction of sp³-hybridized carbons (Fsp3) is 0.500. The molecule has 0 fully saturated rings. The van der Waals surface area contributed by atoms with Crippen LogP contribution in [0.4, 0.5) is 0 Å². The Hall–Kier alpha value is -1.28. The molecule has 2 nitrogen and oxygen atoms in total. The van der Waals surface area contributed by atoms with Gasteiger partial charge in [0.2, 0.25) is 5.79 Å². The van der Waals surface area contributed by atoms with Gasteiger partial charge >= 0.3 is 0 Å². The summed E-state index contributed by atoms with van der Waals surface area (Å²) in [5.41, 5.74) is 2.41. The van der Waals surface area contributed by atoms with Gasteiger partial charge in [0.1, 0.15) is 5.76 Å². The van der Waals surface area contributed by atoms with Gasteiger partial charge < -0.3 is 9.47 Å². The van der Waals surface area contributed by atoms with Crippen LogP contribution >= 0.6 is 0 Å². The Balaban J connectivity index is 2.24. The fourth-order valence-corrected chi connectivity index (χ4v) is 2.34. The Morgan fingerprint density at radius 3 is 2.56 bits per heavy atom. The Bertz CT molecular complexity index is 438. The zero-order valence-electron chi connectivity index (χ0n) is 11.7. The number of hydrogen-bond acceptors (Lipinski definition) is 2. The minimum Gasteiger partial charge on any atom is -0.458 e. The second-order valence-corrected chi connectivity index (χ2v) is 5.25. The van der Waals surface area contributed by atoms with E-state index in [2.05, 4.69) is 38.2 Å². The molecule has 0 aromatic rings. The van der Waals surface area contributed by atoms with Crippen LogP contribution in [0.3, 0.4) is 0 Å². The maximum Gasteiger partial charge on any atom is 0.237 e. The lowest BCUT2D eigenvalue weighted by atomic mass is 9.94. The van der Waals surface area contributed by atoms with Crippen LogP contribution in [0.5, 0.6) is 0 Å². The first-order chi connectivity index (χ1) is 8.52. The molecule has 18 heavy (non-hydrogen) atoms. The summed E-state index contributed by atoms with van der Waals surface area (Å²) in [7, 11) is 0. The van der Waals surface area contributed by atoms with Crippen molar-refractivity contribution < 1.29 is 9.47 Å². The fourth-order valence-electron chi connectivity index (χ4n) is 2.34. The second kappa shape index (κ2) is 5.15. The van der Waals surface area contributed by atoms with Crippen molar-refractivity contribution in [2.45, 2.75) is 52.4 Å². The van der Waals surface area contributed by atoms with Crippen LogP contribution in [0, 0.1) is 0 Å². The summed E-state index contributed by atoms with van der Waals surface area (Å²) in [6, 6.07) is 0. The number of ether oxygens (including phenoxy) is 2. The molecule has 2 aliphatic carbocycles. The predicted octanol–water partition coefficient (Wildman–Crippen LogP) is 4.26. The van der Waals surface area contributed by atoms with Crippen molar-refractivity contribution >= 4 is 0 Å². The molecule has 2 heteroatoms. The number of allylic oxidation sites excluding steroid dienone is 5. The summed E-state index contributed by atoms with van der Waals surface area (Å²) < 4.78 is 12.2. The molecule has 2 rings (SSSR count). The van der Waals surface area contributed by atoms with Gasteiger partial charge in [0.15, 0.2) is 0 Å². The third-order valence-electron chi connectivity index (χ3n) is 3.18. The van der Waals surface area contributed by atoms with Crippen LogP contribution in [0.15, 0.2) is 47.3 Å². The summed E-state index contributed by atoms with van der Waals surface area (Å²) in [4.78, 5) is 0. The lowest BCUT2D eigenvalue weighted by molar-refractivity contribution is -0.204. The minimum atomic E-state index is -0.631. The molecule has 0 bridgehead atoms. The maximum atomic E-state index is 6.15. The normalized spacial score (nSPS) is 27.1. The molecule has 98 valence electrons. The van der Waals surface area contributed by atoms with Crippen LogP contribution in [0.1, 0.15) is 40.5 Å². The van der Waals surface area contributed by atoms with Crippen LogP contribution in [0.2, 0.25) is 0 Å². The molecule has 0 aromatic carbocycles. The highest BCUT2D eigenvalue weighted by molar-refractivity contribution is 5.32. The third kappa shape index (κ3) is 2.75. The molecular weight excluding hydrogens is 224 g/mol. The zero-order valence-corrected chi connectivity index (χ0v) is 11.7. The highest BCUT2D eigenvalue weighted by atomic mass is 16.7. The van der Waals surface area contributed by atoms with E-state index in [4.69, 9.17) is 9.47 Å². The van der Waals surface area contributed by atoms with Gasteiger partial charge in [-0.25, -0.2) is 0 Å². The van der Waals surface area contributed by atoms with E-state index in [-0.39, 0.29) is 6.10 Å². The Morgan fingerprint density at radius 1 is 1.22 bits per heavy atom. The summed E-state index contributed by atoms with van der Waals surface area (Å²) in [6.07, 6.45) is 12.4. The first kappa shape index (κ1) is 13.2. The van der Waals surface area contributed by atoms with Gasteiger partial charge in [-0.2, -0.15) is 0 Å². The van der Waals surface area contributed by atoms with Crippen molar-refractivity contribution in [2.75, 3.05) is 0 Å². The summed E-state index contributed by atoms with van der Waals surface area (Å²) in [5.74, 6) is 0.283. The van der Waals surface area contributed by atoms with Crippen LogP contribution in [-0.2, 0) is 9.47 Å². The van der Waals surface area contributed by atoms with Crippen LogP contribution in [0.25, 0.3) is 0 Å². The van der Waals surface area contributed by atoms with Gasteiger partial charge in [0.25, 0.3) is 0 Å². The molecule has 0 N–H and O–H groups in total. The first-order valence-electron chi connectivity index (χ1n) is 6.61. The van der Waals surface area contributed by atoms with E-state index in [1.807, 2.05) is 19.9 Å². The van der Waals surface area contributed by atoms with Gasteiger partial charge in [0, 0.05) is 6.42 Å². The molecule has 1 atom stereocenters. The second-order valence-electron chi connectivity index (χ2n) is 5.25. The van der Waals surface area contributed by atoms with E-state index in [1.54, 1.807) is 0 Å². The molecule has 0 saturated heterocycles. The van der Waals surface area contributed by atoms with Gasteiger partial charge in [-0.3, -0.25) is 0 Å². The zero-order chi connectivity index (χ0) is 13.2. The summed E-state index contributed by atoms with van der Waals surface area (Å²) in [5, 5.41) is 0. The molecule has 1 unspecified atom stereocenters. The minimum absolute atomic E-state index is 0.131. The van der Waals surface area contributed by atoms with E-state index in [0.29, 0.717) is 0 Å². The largest absolute Gasteiger partial charge is 0.458 e. The first-order valence-corrected chi connectivity index (χ1v) is 6.61. The Morgan fingerprint density at radius 2 is 2.00 bits per heavy atom. The van der Waals surface area contributed by atoms with Gasteiger partial charge in [0.05, 0.1) is 6.10 Å². The molecule has 0 radical (unpaired) electrons. The Labute approximate surface area is 110 Å². The molecule has 0 spiro atoms. The van der Waals surface area contributed by atoms with E-state index in [9.17, 15) is 0 Å². The predicted molar refractivity (Wildman–Crippen MR) is 74.0 cm³/mol. The number of hydrogen-bond donors (Lipinski definition) is 0. The molecule has 0 aromatic heterocycles. The van der Waals surface area contributed by atoms with Gasteiger partial charge in [-0.1, -0.05) is 23.8 Å². The van der Waals surface area contributed by atoms with Crippen molar-refractivity contribution in [3.05, 3.63) is 47.3 Å². The lowest BCUT2D eigenvalue weighted by Gasteiger charge is -2.38. The average molecular weight is 246 g/mol. The van der Waals surface area contributed by atoms with Crippen molar-refractivity contribution in [1.82, 2.24) is 0 Å². The molecular formula is C16H22O2. The average Bonchev–Trinajstić information content (AvgIpc) is 2.76. The molecule has 0 amide bonds. The number of rotatable bonds is 4. The standard InChI is InChI=1S/C16H22O2/c1-12(2)17-16(18-15-7-5-6-8-15)10-9-13(3)11-14(16)4/h5,7-9,11-12H,6,10H2,1-4H3. The summed E-state index contributed by atoms with van der Waals surface area (Å²) in [6.45, 7) is 8.28.